The standard InChI is InChI=1S/C15H25N5OS.2ClH/c1-11-17-15(22-18-11)20-7-3-6-19(8-9-20)14(21)10-12-4-2-5-13(12)16;;/h12-13H,2-10,16H2,1H3;2*1H/t12-,13+;;/m0../s1. The average molecular weight is 396 g/mol. The van der Waals surface area contributed by atoms with Crippen LogP contribution in [0.15, 0.2) is 0 Å². The second kappa shape index (κ2) is 9.75. The third-order valence-electron chi connectivity index (χ3n) is 4.79. The Morgan fingerprint density at radius 3 is 2.62 bits per heavy atom. The number of anilines is 1. The van der Waals surface area contributed by atoms with Crippen LogP contribution in [0.5, 0.6) is 0 Å². The number of amides is 1. The van der Waals surface area contributed by atoms with E-state index in [-0.39, 0.29) is 36.8 Å². The van der Waals surface area contributed by atoms with E-state index in [1.165, 1.54) is 18.0 Å². The highest BCUT2D eigenvalue weighted by atomic mass is 35.5. The quantitative estimate of drug-likeness (QED) is 0.848. The molecule has 1 saturated heterocycles. The van der Waals surface area contributed by atoms with Gasteiger partial charge in [0.25, 0.3) is 0 Å². The van der Waals surface area contributed by atoms with Gasteiger partial charge in [0.1, 0.15) is 5.82 Å². The molecule has 2 fully saturated rings. The van der Waals surface area contributed by atoms with Gasteiger partial charge in [0.05, 0.1) is 0 Å². The fourth-order valence-corrected chi connectivity index (χ4v) is 4.17. The molecule has 0 spiro atoms. The molecule has 1 aliphatic heterocycles. The molecular formula is C15H27Cl2N5OS. The van der Waals surface area contributed by atoms with Crippen molar-refractivity contribution in [3.63, 3.8) is 0 Å². The fourth-order valence-electron chi connectivity index (χ4n) is 3.45. The number of nitrogens with two attached hydrogens (primary N) is 1. The maximum absolute atomic E-state index is 12.5. The summed E-state index contributed by atoms with van der Waals surface area (Å²) < 4.78 is 4.25. The molecule has 9 heteroatoms. The fraction of sp³-hybridized carbons (Fsp3) is 0.800. The second-order valence-electron chi connectivity index (χ2n) is 6.40. The van der Waals surface area contributed by atoms with Gasteiger partial charge in [-0.15, -0.1) is 24.8 Å². The molecule has 0 unspecified atom stereocenters. The van der Waals surface area contributed by atoms with Gasteiger partial charge in [-0.05, 0) is 32.1 Å². The number of halogens is 2. The van der Waals surface area contributed by atoms with Gasteiger partial charge in [-0.3, -0.25) is 4.79 Å². The topological polar surface area (TPSA) is 75.4 Å². The molecule has 1 aliphatic carbocycles. The van der Waals surface area contributed by atoms with E-state index < -0.39 is 0 Å². The highest BCUT2D eigenvalue weighted by molar-refractivity contribution is 7.09. The van der Waals surface area contributed by atoms with Crippen LogP contribution in [0.2, 0.25) is 0 Å². The number of carbonyl (C=O) groups excluding carboxylic acids is 1. The van der Waals surface area contributed by atoms with Gasteiger partial charge in [0.2, 0.25) is 11.0 Å². The van der Waals surface area contributed by atoms with Gasteiger partial charge in [-0.1, -0.05) is 6.42 Å². The Hall–Kier alpha value is -0.630. The van der Waals surface area contributed by atoms with Crippen LogP contribution in [0.4, 0.5) is 5.13 Å². The normalized spacial score (nSPS) is 24.1. The van der Waals surface area contributed by atoms with E-state index in [9.17, 15) is 4.79 Å². The van der Waals surface area contributed by atoms with Crippen molar-refractivity contribution in [2.45, 2.75) is 45.1 Å². The summed E-state index contributed by atoms with van der Waals surface area (Å²) in [5, 5.41) is 0.976. The number of aromatic nitrogens is 2. The molecule has 0 bridgehead atoms. The zero-order chi connectivity index (χ0) is 15.5. The number of nitrogens with zero attached hydrogens (tertiary/aromatic N) is 4. The van der Waals surface area contributed by atoms with Crippen molar-refractivity contribution < 1.29 is 4.79 Å². The molecule has 24 heavy (non-hydrogen) atoms. The molecule has 2 heterocycles. The van der Waals surface area contributed by atoms with E-state index in [0.717, 1.165) is 56.4 Å². The van der Waals surface area contributed by atoms with Gasteiger partial charge >= 0.3 is 0 Å². The van der Waals surface area contributed by atoms with Crippen LogP contribution in [0, 0.1) is 12.8 Å². The molecule has 138 valence electrons. The number of hydrogen-bond acceptors (Lipinski definition) is 6. The minimum absolute atomic E-state index is 0. The van der Waals surface area contributed by atoms with Crippen molar-refractivity contribution in [2.24, 2.45) is 11.7 Å². The molecule has 2 aliphatic rings. The molecule has 1 aromatic rings. The molecule has 6 nitrogen and oxygen atoms in total. The van der Waals surface area contributed by atoms with Crippen molar-refractivity contribution in [1.82, 2.24) is 14.3 Å². The highest BCUT2D eigenvalue weighted by Gasteiger charge is 2.29. The lowest BCUT2D eigenvalue weighted by Gasteiger charge is -2.24. The molecular weight excluding hydrogens is 369 g/mol. The summed E-state index contributed by atoms with van der Waals surface area (Å²) in [6.07, 6.45) is 4.96. The SMILES string of the molecule is Cc1nsc(N2CCCN(C(=O)C[C@@H]3CCC[C@H]3N)CC2)n1.Cl.Cl. The zero-order valence-corrected chi connectivity index (χ0v) is 16.5. The first-order chi connectivity index (χ1) is 10.6. The Labute approximate surface area is 160 Å². The third-order valence-corrected chi connectivity index (χ3v) is 5.66. The Morgan fingerprint density at radius 2 is 2.00 bits per heavy atom. The summed E-state index contributed by atoms with van der Waals surface area (Å²) >= 11 is 1.45. The van der Waals surface area contributed by atoms with E-state index in [2.05, 4.69) is 14.3 Å². The predicted molar refractivity (Wildman–Crippen MR) is 102 cm³/mol. The minimum atomic E-state index is 0. The van der Waals surface area contributed by atoms with Gasteiger partial charge in [-0.25, -0.2) is 4.98 Å². The molecule has 3 rings (SSSR count). The van der Waals surface area contributed by atoms with Crippen molar-refractivity contribution in [3.8, 4) is 0 Å². The van der Waals surface area contributed by atoms with Gasteiger partial charge < -0.3 is 15.5 Å². The zero-order valence-electron chi connectivity index (χ0n) is 14.0. The summed E-state index contributed by atoms with van der Waals surface area (Å²) in [6, 6.07) is 0.219. The predicted octanol–water partition coefficient (Wildman–Crippen LogP) is 2.25. The maximum atomic E-state index is 12.5. The third kappa shape index (κ3) is 5.18. The van der Waals surface area contributed by atoms with Crippen molar-refractivity contribution in [2.75, 3.05) is 31.1 Å². The summed E-state index contributed by atoms with van der Waals surface area (Å²) in [7, 11) is 0. The molecule has 1 saturated carbocycles. The van der Waals surface area contributed by atoms with Crippen LogP contribution >= 0.6 is 36.3 Å². The minimum Gasteiger partial charge on any atom is -0.345 e. The van der Waals surface area contributed by atoms with Crippen LogP contribution in [0.25, 0.3) is 0 Å². The molecule has 1 amide bonds. The Bertz CT molecular complexity index is 530. The Balaban J connectivity index is 0.00000144. The monoisotopic (exact) mass is 395 g/mol. The number of carbonyl (C=O) groups is 1. The first kappa shape index (κ1) is 21.4. The first-order valence-corrected chi connectivity index (χ1v) is 8.99. The van der Waals surface area contributed by atoms with E-state index in [4.69, 9.17) is 5.73 Å². The van der Waals surface area contributed by atoms with Gasteiger partial charge in [-0.2, -0.15) is 4.37 Å². The van der Waals surface area contributed by atoms with Crippen LogP contribution in [-0.2, 0) is 4.79 Å². The van der Waals surface area contributed by atoms with Crippen LogP contribution < -0.4 is 10.6 Å². The molecule has 0 aromatic carbocycles. The first-order valence-electron chi connectivity index (χ1n) is 8.22. The number of hydrogen-bond donors (Lipinski definition) is 1. The van der Waals surface area contributed by atoms with Crippen LogP contribution in [0.1, 0.15) is 37.9 Å². The lowest BCUT2D eigenvalue weighted by Crippen LogP contribution is -2.37. The summed E-state index contributed by atoms with van der Waals surface area (Å²) in [5.74, 6) is 1.49. The smallest absolute Gasteiger partial charge is 0.222 e. The number of rotatable bonds is 3. The van der Waals surface area contributed by atoms with E-state index in [0.29, 0.717) is 12.3 Å². The molecule has 1 aromatic heterocycles. The average Bonchev–Trinajstić information content (AvgIpc) is 3.00. The van der Waals surface area contributed by atoms with Gasteiger partial charge in [0.15, 0.2) is 0 Å². The highest BCUT2D eigenvalue weighted by Crippen LogP contribution is 2.27. The molecule has 2 atom stereocenters. The molecule has 0 radical (unpaired) electrons. The Kier molecular flexibility index (Phi) is 8.70. The lowest BCUT2D eigenvalue weighted by molar-refractivity contribution is -0.132. The number of aryl methyl sites for hydroxylation is 1. The van der Waals surface area contributed by atoms with Crippen molar-refractivity contribution >= 4 is 47.4 Å². The largest absolute Gasteiger partial charge is 0.345 e. The van der Waals surface area contributed by atoms with E-state index in [1.54, 1.807) is 0 Å². The summed E-state index contributed by atoms with van der Waals surface area (Å²) in [6.45, 7) is 5.32. The van der Waals surface area contributed by atoms with Gasteiger partial charge in [0, 0.05) is 50.2 Å². The van der Waals surface area contributed by atoms with Crippen LogP contribution in [0.3, 0.4) is 0 Å². The lowest BCUT2D eigenvalue weighted by atomic mass is 9.99. The summed E-state index contributed by atoms with van der Waals surface area (Å²) in [4.78, 5) is 21.2. The van der Waals surface area contributed by atoms with Crippen LogP contribution in [-0.4, -0.2) is 52.4 Å². The van der Waals surface area contributed by atoms with Crippen molar-refractivity contribution in [1.29, 1.82) is 0 Å². The van der Waals surface area contributed by atoms with E-state index in [1.807, 2.05) is 11.8 Å². The second-order valence-corrected chi connectivity index (χ2v) is 7.13. The molecule has 2 N–H and O–H groups in total. The van der Waals surface area contributed by atoms with E-state index >= 15 is 0 Å². The Morgan fingerprint density at radius 1 is 1.21 bits per heavy atom. The summed E-state index contributed by atoms with van der Waals surface area (Å²) in [5.41, 5.74) is 6.10. The van der Waals surface area contributed by atoms with Crippen molar-refractivity contribution in [3.05, 3.63) is 5.82 Å². The maximum Gasteiger partial charge on any atom is 0.222 e.